The van der Waals surface area contributed by atoms with Crippen LogP contribution in [-0.4, -0.2) is 27.2 Å². The van der Waals surface area contributed by atoms with Gasteiger partial charge in [-0.05, 0) is 37.3 Å². The van der Waals surface area contributed by atoms with E-state index in [1.54, 1.807) is 0 Å². The first kappa shape index (κ1) is 11.9. The fourth-order valence-corrected chi connectivity index (χ4v) is 2.33. The van der Waals surface area contributed by atoms with E-state index in [0.717, 1.165) is 39.8 Å². The van der Waals surface area contributed by atoms with Crippen LogP contribution in [0.25, 0.3) is 22.6 Å². The smallest absolute Gasteiger partial charge is 0.231 e. The van der Waals surface area contributed by atoms with Crippen LogP contribution in [-0.2, 0) is 0 Å². The molecule has 0 atom stereocenters. The van der Waals surface area contributed by atoms with E-state index in [9.17, 15) is 0 Å². The van der Waals surface area contributed by atoms with Gasteiger partial charge in [0, 0.05) is 11.3 Å². The summed E-state index contributed by atoms with van der Waals surface area (Å²) in [6.45, 7) is 2.20. The lowest BCUT2D eigenvalue weighted by Crippen LogP contribution is -1.92. The number of rotatable bonds is 2. The Morgan fingerprint density at radius 1 is 1.00 bits per heavy atom. The van der Waals surface area contributed by atoms with Crippen molar-refractivity contribution in [2.45, 2.75) is 6.92 Å². The normalized spacial score (nSPS) is 12.6. The largest absolute Gasteiger partial charge is 0.454 e. The van der Waals surface area contributed by atoms with Gasteiger partial charge in [-0.3, -0.25) is 4.98 Å². The number of aryl methyl sites for hydroxylation is 1. The second-order valence-electron chi connectivity index (χ2n) is 4.75. The Bertz CT molecular complexity index is 813. The van der Waals surface area contributed by atoms with E-state index in [4.69, 9.17) is 9.47 Å². The molecule has 21 heavy (non-hydrogen) atoms. The van der Waals surface area contributed by atoms with E-state index < -0.39 is 0 Å². The van der Waals surface area contributed by atoms with Gasteiger partial charge in [0.15, 0.2) is 11.5 Å². The first-order valence-corrected chi connectivity index (χ1v) is 6.56. The molecule has 2 aromatic heterocycles. The summed E-state index contributed by atoms with van der Waals surface area (Å²) >= 11 is 0. The fourth-order valence-electron chi connectivity index (χ4n) is 2.33. The van der Waals surface area contributed by atoms with Gasteiger partial charge in [-0.1, -0.05) is 6.07 Å². The van der Waals surface area contributed by atoms with E-state index >= 15 is 0 Å². The molecule has 3 aromatic rings. The van der Waals surface area contributed by atoms with Gasteiger partial charge in [0.1, 0.15) is 11.4 Å². The summed E-state index contributed by atoms with van der Waals surface area (Å²) < 4.78 is 10.7. The zero-order valence-corrected chi connectivity index (χ0v) is 11.3. The first-order valence-electron chi connectivity index (χ1n) is 6.56. The SMILES string of the molecule is Cc1cccc(-c2n[nH]nc2-c2ccc3c(c2)OCO3)n1. The topological polar surface area (TPSA) is 72.9 Å². The number of nitrogens with one attached hydrogen (secondary N) is 1. The van der Waals surface area contributed by atoms with Crippen molar-refractivity contribution >= 4 is 0 Å². The van der Waals surface area contributed by atoms with Gasteiger partial charge < -0.3 is 9.47 Å². The van der Waals surface area contributed by atoms with Crippen molar-refractivity contribution in [2.24, 2.45) is 0 Å². The number of aromatic nitrogens is 4. The Hall–Kier alpha value is -2.89. The van der Waals surface area contributed by atoms with Gasteiger partial charge in [0.25, 0.3) is 0 Å². The summed E-state index contributed by atoms with van der Waals surface area (Å²) in [5.41, 5.74) is 4.10. The summed E-state index contributed by atoms with van der Waals surface area (Å²) in [5.74, 6) is 1.47. The molecule has 0 saturated carbocycles. The minimum absolute atomic E-state index is 0.254. The summed E-state index contributed by atoms with van der Waals surface area (Å²) in [4.78, 5) is 4.50. The number of hydrogen-bond acceptors (Lipinski definition) is 5. The van der Waals surface area contributed by atoms with Crippen LogP contribution < -0.4 is 9.47 Å². The first-order chi connectivity index (χ1) is 10.3. The van der Waals surface area contributed by atoms with Gasteiger partial charge in [-0.15, -0.1) is 0 Å². The molecule has 1 N–H and O–H groups in total. The monoisotopic (exact) mass is 280 g/mol. The number of pyridine rings is 1. The lowest BCUT2D eigenvalue weighted by atomic mass is 10.1. The molecule has 0 fully saturated rings. The third-order valence-electron chi connectivity index (χ3n) is 3.32. The molecule has 6 heteroatoms. The van der Waals surface area contributed by atoms with Crippen molar-refractivity contribution in [3.8, 4) is 34.1 Å². The molecule has 3 heterocycles. The summed E-state index contributed by atoms with van der Waals surface area (Å²) in [7, 11) is 0. The maximum atomic E-state index is 5.41. The molecule has 0 unspecified atom stereocenters. The van der Waals surface area contributed by atoms with Crippen LogP contribution in [0, 0.1) is 6.92 Å². The van der Waals surface area contributed by atoms with Gasteiger partial charge in [-0.25, -0.2) is 0 Å². The number of H-pyrrole nitrogens is 1. The van der Waals surface area contributed by atoms with Crippen molar-refractivity contribution < 1.29 is 9.47 Å². The molecule has 0 spiro atoms. The molecule has 104 valence electrons. The zero-order valence-electron chi connectivity index (χ0n) is 11.3. The number of fused-ring (bicyclic) bond motifs is 1. The lowest BCUT2D eigenvalue weighted by molar-refractivity contribution is 0.174. The molecule has 0 saturated heterocycles. The second-order valence-corrected chi connectivity index (χ2v) is 4.75. The van der Waals surface area contributed by atoms with Crippen LogP contribution in [0.4, 0.5) is 0 Å². The Kier molecular flexibility index (Phi) is 2.60. The Morgan fingerprint density at radius 2 is 1.86 bits per heavy atom. The highest BCUT2D eigenvalue weighted by Gasteiger charge is 2.18. The summed E-state index contributed by atoms with van der Waals surface area (Å²) in [6.07, 6.45) is 0. The molecule has 6 nitrogen and oxygen atoms in total. The van der Waals surface area contributed by atoms with Crippen molar-refractivity contribution in [1.82, 2.24) is 20.4 Å². The molecular weight excluding hydrogens is 268 g/mol. The van der Waals surface area contributed by atoms with Gasteiger partial charge in [0.2, 0.25) is 6.79 Å². The molecule has 1 aromatic carbocycles. The Morgan fingerprint density at radius 3 is 2.76 bits per heavy atom. The standard InChI is InChI=1S/C15H12N4O2/c1-9-3-2-4-11(16-9)15-14(17-19-18-15)10-5-6-12-13(7-10)21-8-20-12/h2-7H,8H2,1H3,(H,17,18,19). The van der Waals surface area contributed by atoms with Crippen molar-refractivity contribution in [2.75, 3.05) is 6.79 Å². The highest BCUT2D eigenvalue weighted by molar-refractivity contribution is 5.77. The Balaban J connectivity index is 1.82. The molecule has 0 radical (unpaired) electrons. The minimum Gasteiger partial charge on any atom is -0.454 e. The number of aromatic amines is 1. The van der Waals surface area contributed by atoms with Crippen molar-refractivity contribution in [3.05, 3.63) is 42.1 Å². The highest BCUT2D eigenvalue weighted by atomic mass is 16.7. The highest BCUT2D eigenvalue weighted by Crippen LogP contribution is 2.37. The average Bonchev–Trinajstić information content (AvgIpc) is 3.15. The zero-order chi connectivity index (χ0) is 14.2. The van der Waals surface area contributed by atoms with E-state index in [1.165, 1.54) is 0 Å². The maximum absolute atomic E-state index is 5.41. The van der Waals surface area contributed by atoms with E-state index in [-0.39, 0.29) is 6.79 Å². The van der Waals surface area contributed by atoms with Crippen molar-refractivity contribution in [1.29, 1.82) is 0 Å². The number of benzene rings is 1. The van der Waals surface area contributed by atoms with E-state index in [2.05, 4.69) is 20.4 Å². The van der Waals surface area contributed by atoms with Crippen LogP contribution in [0.1, 0.15) is 5.69 Å². The molecule has 0 amide bonds. The Labute approximate surface area is 120 Å². The van der Waals surface area contributed by atoms with Gasteiger partial charge in [0.05, 0.1) is 5.69 Å². The molecule has 1 aliphatic heterocycles. The predicted octanol–water partition coefficient (Wildman–Crippen LogP) is 2.57. The maximum Gasteiger partial charge on any atom is 0.231 e. The lowest BCUT2D eigenvalue weighted by Gasteiger charge is -2.03. The van der Waals surface area contributed by atoms with Gasteiger partial charge >= 0.3 is 0 Å². The molecule has 0 aliphatic carbocycles. The van der Waals surface area contributed by atoms with E-state index in [0.29, 0.717) is 0 Å². The minimum atomic E-state index is 0.254. The fraction of sp³-hybridized carbons (Fsp3) is 0.133. The predicted molar refractivity (Wildman–Crippen MR) is 75.9 cm³/mol. The molecule has 4 rings (SSSR count). The second kappa shape index (κ2) is 4.59. The number of hydrogen-bond donors (Lipinski definition) is 1. The van der Waals surface area contributed by atoms with Gasteiger partial charge in [-0.2, -0.15) is 15.4 Å². The van der Waals surface area contributed by atoms with Crippen LogP contribution in [0.5, 0.6) is 11.5 Å². The third-order valence-corrected chi connectivity index (χ3v) is 3.32. The van der Waals surface area contributed by atoms with Crippen LogP contribution in [0.15, 0.2) is 36.4 Å². The van der Waals surface area contributed by atoms with E-state index in [1.807, 2.05) is 43.3 Å². The van der Waals surface area contributed by atoms with Crippen LogP contribution >= 0.6 is 0 Å². The van der Waals surface area contributed by atoms with Crippen LogP contribution in [0.3, 0.4) is 0 Å². The molecular formula is C15H12N4O2. The molecule has 1 aliphatic rings. The molecule has 0 bridgehead atoms. The average molecular weight is 280 g/mol. The third kappa shape index (κ3) is 2.01. The van der Waals surface area contributed by atoms with Crippen LogP contribution in [0.2, 0.25) is 0 Å². The summed E-state index contributed by atoms with van der Waals surface area (Å²) in [5, 5.41) is 11.1. The number of ether oxygens (including phenoxy) is 2. The van der Waals surface area contributed by atoms with Crippen molar-refractivity contribution in [3.63, 3.8) is 0 Å². The number of nitrogens with zero attached hydrogens (tertiary/aromatic N) is 3. The summed E-state index contributed by atoms with van der Waals surface area (Å²) in [6, 6.07) is 11.5. The quantitative estimate of drug-likeness (QED) is 0.781.